The molecular formula is C14H19N3O2. The molecule has 0 spiro atoms. The fourth-order valence-electron chi connectivity index (χ4n) is 1.91. The van der Waals surface area contributed by atoms with Crippen LogP contribution in [0.5, 0.6) is 0 Å². The molecule has 1 atom stereocenters. The molecular weight excluding hydrogens is 242 g/mol. The first-order chi connectivity index (χ1) is 9.06. The molecule has 3 N–H and O–H groups in total. The van der Waals surface area contributed by atoms with E-state index in [0.29, 0.717) is 12.5 Å². The van der Waals surface area contributed by atoms with E-state index < -0.39 is 6.04 Å². The van der Waals surface area contributed by atoms with Gasteiger partial charge in [0.05, 0.1) is 17.8 Å². The minimum Gasteiger partial charge on any atom is -0.372 e. The Morgan fingerprint density at radius 2 is 2.00 bits per heavy atom. The summed E-state index contributed by atoms with van der Waals surface area (Å²) in [6.07, 6.45) is 0.146. The highest BCUT2D eigenvalue weighted by atomic mass is 16.2. The summed E-state index contributed by atoms with van der Waals surface area (Å²) in [5.74, 6) is 0.122. The Labute approximate surface area is 112 Å². The van der Waals surface area contributed by atoms with Gasteiger partial charge in [-0.15, -0.1) is 0 Å². The lowest BCUT2D eigenvalue weighted by atomic mass is 10.1. The second kappa shape index (κ2) is 5.73. The van der Waals surface area contributed by atoms with Crippen molar-refractivity contribution in [2.75, 3.05) is 17.2 Å². The van der Waals surface area contributed by atoms with Crippen LogP contribution in [0.1, 0.15) is 20.3 Å². The SMILES string of the molecule is CC(C)CNC(=O)C[C@@H]1Nc2ccccc2NC1=O. The minimum atomic E-state index is -0.512. The maximum Gasteiger partial charge on any atom is 0.247 e. The molecule has 0 radical (unpaired) electrons. The summed E-state index contributed by atoms with van der Waals surface area (Å²) in [6.45, 7) is 4.69. The molecule has 0 unspecified atom stereocenters. The molecule has 0 saturated heterocycles. The highest BCUT2D eigenvalue weighted by Crippen LogP contribution is 2.26. The molecule has 1 aromatic rings. The number of para-hydroxylation sites is 2. The van der Waals surface area contributed by atoms with Crippen molar-refractivity contribution in [3.8, 4) is 0 Å². The first-order valence-corrected chi connectivity index (χ1v) is 6.49. The summed E-state index contributed by atoms with van der Waals surface area (Å²) in [5.41, 5.74) is 1.61. The van der Waals surface area contributed by atoms with Gasteiger partial charge in [0.2, 0.25) is 11.8 Å². The van der Waals surface area contributed by atoms with Crippen LogP contribution < -0.4 is 16.0 Å². The smallest absolute Gasteiger partial charge is 0.247 e. The van der Waals surface area contributed by atoms with E-state index in [1.54, 1.807) is 0 Å². The van der Waals surface area contributed by atoms with Crippen LogP contribution in [0, 0.1) is 5.92 Å². The first-order valence-electron chi connectivity index (χ1n) is 6.49. The van der Waals surface area contributed by atoms with E-state index in [9.17, 15) is 9.59 Å². The molecule has 0 fully saturated rings. The summed E-state index contributed by atoms with van der Waals surface area (Å²) in [4.78, 5) is 23.6. The van der Waals surface area contributed by atoms with Crippen molar-refractivity contribution < 1.29 is 9.59 Å². The lowest BCUT2D eigenvalue weighted by molar-refractivity contribution is -0.125. The normalized spacial score (nSPS) is 17.4. The molecule has 5 nitrogen and oxygen atoms in total. The third-order valence-electron chi connectivity index (χ3n) is 2.93. The molecule has 5 heteroatoms. The van der Waals surface area contributed by atoms with Gasteiger partial charge < -0.3 is 16.0 Å². The number of hydrogen-bond acceptors (Lipinski definition) is 3. The maximum atomic E-state index is 11.9. The van der Waals surface area contributed by atoms with Gasteiger partial charge in [0.1, 0.15) is 6.04 Å². The molecule has 1 heterocycles. The van der Waals surface area contributed by atoms with E-state index in [0.717, 1.165) is 11.4 Å². The monoisotopic (exact) mass is 261 g/mol. The lowest BCUT2D eigenvalue weighted by Crippen LogP contribution is -2.42. The molecule has 1 aliphatic heterocycles. The van der Waals surface area contributed by atoms with Crippen molar-refractivity contribution in [1.82, 2.24) is 5.32 Å². The van der Waals surface area contributed by atoms with Gasteiger partial charge in [0, 0.05) is 6.54 Å². The Bertz CT molecular complexity index is 485. The highest BCUT2D eigenvalue weighted by Gasteiger charge is 2.27. The zero-order valence-corrected chi connectivity index (χ0v) is 11.2. The number of fused-ring (bicyclic) bond motifs is 1. The molecule has 0 aliphatic carbocycles. The van der Waals surface area contributed by atoms with Gasteiger partial charge in [0.25, 0.3) is 0 Å². The molecule has 19 heavy (non-hydrogen) atoms. The van der Waals surface area contributed by atoms with Gasteiger partial charge in [0.15, 0.2) is 0 Å². The largest absolute Gasteiger partial charge is 0.372 e. The number of carbonyl (C=O) groups is 2. The van der Waals surface area contributed by atoms with Crippen LogP contribution in [0.2, 0.25) is 0 Å². The van der Waals surface area contributed by atoms with Crippen molar-refractivity contribution >= 4 is 23.2 Å². The average Bonchev–Trinajstić information content (AvgIpc) is 2.37. The van der Waals surface area contributed by atoms with E-state index in [1.165, 1.54) is 0 Å². The van der Waals surface area contributed by atoms with Crippen molar-refractivity contribution in [2.24, 2.45) is 5.92 Å². The molecule has 1 aliphatic rings. The van der Waals surface area contributed by atoms with E-state index in [4.69, 9.17) is 0 Å². The third kappa shape index (κ3) is 3.47. The van der Waals surface area contributed by atoms with Crippen molar-refractivity contribution in [3.63, 3.8) is 0 Å². The van der Waals surface area contributed by atoms with Crippen LogP contribution in [-0.4, -0.2) is 24.4 Å². The summed E-state index contributed by atoms with van der Waals surface area (Å²) in [7, 11) is 0. The standard InChI is InChI=1S/C14H19N3O2/c1-9(2)8-15-13(18)7-12-14(19)17-11-6-4-3-5-10(11)16-12/h3-6,9,12,16H,7-8H2,1-2H3,(H,15,18)(H,17,19)/t12-/m0/s1. The summed E-state index contributed by atoms with van der Waals surface area (Å²) in [6, 6.07) is 6.95. The van der Waals surface area contributed by atoms with E-state index in [-0.39, 0.29) is 18.2 Å². The van der Waals surface area contributed by atoms with Crippen LogP contribution in [0.3, 0.4) is 0 Å². The van der Waals surface area contributed by atoms with Crippen molar-refractivity contribution in [3.05, 3.63) is 24.3 Å². The first kappa shape index (κ1) is 13.4. The fourth-order valence-corrected chi connectivity index (χ4v) is 1.91. The molecule has 0 aromatic heterocycles. The molecule has 0 saturated carbocycles. The topological polar surface area (TPSA) is 70.2 Å². The number of anilines is 2. The quantitative estimate of drug-likeness (QED) is 0.770. The zero-order valence-electron chi connectivity index (χ0n) is 11.2. The predicted molar refractivity (Wildman–Crippen MR) is 74.9 cm³/mol. The Morgan fingerprint density at radius 1 is 1.32 bits per heavy atom. The van der Waals surface area contributed by atoms with Gasteiger partial charge in [-0.3, -0.25) is 9.59 Å². The third-order valence-corrected chi connectivity index (χ3v) is 2.93. The van der Waals surface area contributed by atoms with E-state index in [1.807, 2.05) is 38.1 Å². The summed E-state index contributed by atoms with van der Waals surface area (Å²) < 4.78 is 0. The molecule has 2 amide bonds. The number of rotatable bonds is 4. The number of hydrogen-bond donors (Lipinski definition) is 3. The van der Waals surface area contributed by atoms with Crippen molar-refractivity contribution in [2.45, 2.75) is 26.3 Å². The van der Waals surface area contributed by atoms with Crippen LogP contribution in [0.4, 0.5) is 11.4 Å². The van der Waals surface area contributed by atoms with Crippen LogP contribution in [-0.2, 0) is 9.59 Å². The number of carbonyl (C=O) groups excluding carboxylic acids is 2. The summed E-state index contributed by atoms with van der Waals surface area (Å²) in [5, 5.41) is 8.71. The highest BCUT2D eigenvalue weighted by molar-refractivity contribution is 6.04. The van der Waals surface area contributed by atoms with Crippen LogP contribution in [0.25, 0.3) is 0 Å². The zero-order chi connectivity index (χ0) is 13.8. The predicted octanol–water partition coefficient (Wildman–Crippen LogP) is 1.58. The van der Waals surface area contributed by atoms with Gasteiger partial charge in [-0.05, 0) is 18.1 Å². The summed E-state index contributed by atoms with van der Waals surface area (Å²) >= 11 is 0. The van der Waals surface area contributed by atoms with Gasteiger partial charge >= 0.3 is 0 Å². The molecule has 0 bridgehead atoms. The number of benzene rings is 1. The number of amides is 2. The maximum absolute atomic E-state index is 11.9. The Balaban J connectivity index is 1.95. The van der Waals surface area contributed by atoms with E-state index >= 15 is 0 Å². The fraction of sp³-hybridized carbons (Fsp3) is 0.429. The molecule has 1 aromatic carbocycles. The second-order valence-corrected chi connectivity index (χ2v) is 5.13. The molecule has 102 valence electrons. The van der Waals surface area contributed by atoms with Crippen LogP contribution in [0.15, 0.2) is 24.3 Å². The minimum absolute atomic E-state index is 0.110. The van der Waals surface area contributed by atoms with Crippen LogP contribution >= 0.6 is 0 Å². The van der Waals surface area contributed by atoms with Gasteiger partial charge in [-0.2, -0.15) is 0 Å². The Kier molecular flexibility index (Phi) is 4.04. The lowest BCUT2D eigenvalue weighted by Gasteiger charge is -2.26. The van der Waals surface area contributed by atoms with E-state index in [2.05, 4.69) is 16.0 Å². The van der Waals surface area contributed by atoms with Gasteiger partial charge in [-0.1, -0.05) is 26.0 Å². The average molecular weight is 261 g/mol. The van der Waals surface area contributed by atoms with Gasteiger partial charge in [-0.25, -0.2) is 0 Å². The molecule has 2 rings (SSSR count). The number of nitrogens with one attached hydrogen (secondary N) is 3. The van der Waals surface area contributed by atoms with Crippen molar-refractivity contribution in [1.29, 1.82) is 0 Å². The Hall–Kier alpha value is -2.04. The second-order valence-electron chi connectivity index (χ2n) is 5.13. The Morgan fingerprint density at radius 3 is 2.68 bits per heavy atom.